The van der Waals surface area contributed by atoms with Gasteiger partial charge in [0.15, 0.2) is 0 Å². The van der Waals surface area contributed by atoms with Crippen LogP contribution in [0.15, 0.2) is 28.7 Å². The van der Waals surface area contributed by atoms with Crippen LogP contribution < -0.4 is 5.32 Å². The van der Waals surface area contributed by atoms with Gasteiger partial charge < -0.3 is 5.32 Å². The highest BCUT2D eigenvalue weighted by Gasteiger charge is 2.41. The van der Waals surface area contributed by atoms with E-state index in [2.05, 4.69) is 21.2 Å². The lowest BCUT2D eigenvalue weighted by Crippen LogP contribution is -2.46. The minimum atomic E-state index is -3.34. The number of hydrogen-bond donors (Lipinski definition) is 1. The van der Waals surface area contributed by atoms with Crippen LogP contribution in [0.2, 0.25) is 0 Å². The summed E-state index contributed by atoms with van der Waals surface area (Å²) in [6.45, 7) is 0.876. The highest BCUT2D eigenvalue weighted by Crippen LogP contribution is 2.44. The normalized spacial score (nSPS) is 29.1. The van der Waals surface area contributed by atoms with Gasteiger partial charge in [-0.25, -0.2) is 12.7 Å². The van der Waals surface area contributed by atoms with Gasteiger partial charge in [0.05, 0.1) is 5.75 Å². The smallest absolute Gasteiger partial charge is 0.223 e. The predicted octanol–water partition coefficient (Wildman–Crippen LogP) is 3.30. The Labute approximate surface area is 170 Å². The van der Waals surface area contributed by atoms with Crippen LogP contribution in [0.1, 0.15) is 44.1 Å². The number of rotatable bonds is 5. The van der Waals surface area contributed by atoms with Gasteiger partial charge in [-0.2, -0.15) is 0 Å². The van der Waals surface area contributed by atoms with Gasteiger partial charge in [0.2, 0.25) is 15.9 Å². The number of piperidine rings is 1. The standard InChI is InChI=1S/C20H27BrN2O3S/c21-18-5-2-14(3-6-18)13-27(25,26)23-9-7-16(8-10-23)20(24)22-19-12-15-1-4-17(19)11-15/h2-3,5-6,15-17,19H,1,4,7-13H2,(H,22,24)/t15-,17+,19+/m0/s1. The van der Waals surface area contributed by atoms with Crippen molar-refractivity contribution in [2.75, 3.05) is 13.1 Å². The molecule has 3 atom stereocenters. The van der Waals surface area contributed by atoms with Gasteiger partial charge in [-0.15, -0.1) is 0 Å². The van der Waals surface area contributed by atoms with Gasteiger partial charge in [0.1, 0.15) is 0 Å². The Hall–Kier alpha value is -0.920. The van der Waals surface area contributed by atoms with Crippen LogP contribution in [-0.4, -0.2) is 37.8 Å². The quantitative estimate of drug-likeness (QED) is 0.741. The molecule has 0 radical (unpaired) electrons. The number of halogens is 1. The maximum Gasteiger partial charge on any atom is 0.223 e. The Morgan fingerprint density at radius 3 is 2.37 bits per heavy atom. The molecular weight excluding hydrogens is 428 g/mol. The first-order chi connectivity index (χ1) is 12.9. The Balaban J connectivity index is 1.29. The van der Waals surface area contributed by atoms with E-state index in [0.29, 0.717) is 37.9 Å². The van der Waals surface area contributed by atoms with Gasteiger partial charge in [-0.1, -0.05) is 34.5 Å². The van der Waals surface area contributed by atoms with Gasteiger partial charge >= 0.3 is 0 Å². The Bertz CT molecular complexity index is 788. The van der Waals surface area contributed by atoms with Crippen molar-refractivity contribution in [3.63, 3.8) is 0 Å². The average Bonchev–Trinajstić information content (AvgIpc) is 3.27. The van der Waals surface area contributed by atoms with Crippen molar-refractivity contribution in [3.05, 3.63) is 34.3 Å². The fourth-order valence-electron chi connectivity index (χ4n) is 5.00. The van der Waals surface area contributed by atoms with E-state index in [0.717, 1.165) is 22.4 Å². The van der Waals surface area contributed by atoms with E-state index < -0.39 is 10.0 Å². The summed E-state index contributed by atoms with van der Waals surface area (Å²) in [5.74, 6) is 1.58. The van der Waals surface area contributed by atoms with E-state index in [-0.39, 0.29) is 17.6 Å². The van der Waals surface area contributed by atoms with Crippen molar-refractivity contribution in [3.8, 4) is 0 Å². The number of carbonyl (C=O) groups excluding carboxylic acids is 1. The number of sulfonamides is 1. The Morgan fingerprint density at radius 2 is 1.78 bits per heavy atom. The molecule has 2 bridgehead atoms. The average molecular weight is 455 g/mol. The zero-order chi connectivity index (χ0) is 19.0. The second-order valence-electron chi connectivity index (χ2n) is 8.35. The van der Waals surface area contributed by atoms with Gasteiger partial charge in [-0.3, -0.25) is 4.79 Å². The Morgan fingerprint density at radius 1 is 1.07 bits per heavy atom. The molecule has 1 saturated heterocycles. The van der Waals surface area contributed by atoms with E-state index in [1.165, 1.54) is 19.3 Å². The molecule has 1 aromatic carbocycles. The molecule has 1 heterocycles. The van der Waals surface area contributed by atoms with Gasteiger partial charge in [0, 0.05) is 29.5 Å². The number of carbonyl (C=O) groups is 1. The molecule has 7 heteroatoms. The van der Waals surface area contributed by atoms with Crippen molar-refractivity contribution in [2.24, 2.45) is 17.8 Å². The minimum Gasteiger partial charge on any atom is -0.353 e. The molecule has 0 aromatic heterocycles. The van der Waals surface area contributed by atoms with Crippen LogP contribution in [-0.2, 0) is 20.6 Å². The lowest BCUT2D eigenvalue weighted by molar-refractivity contribution is -0.127. The molecule has 27 heavy (non-hydrogen) atoms. The first kappa shape index (κ1) is 19.4. The fourth-order valence-corrected chi connectivity index (χ4v) is 6.83. The van der Waals surface area contributed by atoms with Crippen molar-refractivity contribution in [1.82, 2.24) is 9.62 Å². The van der Waals surface area contributed by atoms with Crippen LogP contribution >= 0.6 is 15.9 Å². The third-order valence-electron chi connectivity index (χ3n) is 6.55. The van der Waals surface area contributed by atoms with E-state index >= 15 is 0 Å². The molecule has 1 aliphatic heterocycles. The second kappa shape index (κ2) is 7.84. The molecule has 1 amide bonds. The summed E-state index contributed by atoms with van der Waals surface area (Å²) in [5.41, 5.74) is 0.786. The maximum absolute atomic E-state index is 12.7. The van der Waals surface area contributed by atoms with E-state index in [1.807, 2.05) is 24.3 Å². The largest absolute Gasteiger partial charge is 0.353 e. The van der Waals surface area contributed by atoms with E-state index in [1.54, 1.807) is 4.31 Å². The molecule has 148 valence electrons. The number of benzene rings is 1. The van der Waals surface area contributed by atoms with Crippen LogP contribution in [0.5, 0.6) is 0 Å². The highest BCUT2D eigenvalue weighted by atomic mass is 79.9. The van der Waals surface area contributed by atoms with Crippen LogP contribution in [0.25, 0.3) is 0 Å². The van der Waals surface area contributed by atoms with Gasteiger partial charge in [0.25, 0.3) is 0 Å². The predicted molar refractivity (Wildman–Crippen MR) is 108 cm³/mol. The topological polar surface area (TPSA) is 66.5 Å². The molecule has 0 unspecified atom stereocenters. The van der Waals surface area contributed by atoms with Crippen molar-refractivity contribution < 1.29 is 13.2 Å². The summed E-state index contributed by atoms with van der Waals surface area (Å²) in [4.78, 5) is 12.6. The summed E-state index contributed by atoms with van der Waals surface area (Å²) in [5, 5.41) is 3.27. The number of fused-ring (bicyclic) bond motifs is 2. The first-order valence-corrected chi connectivity index (χ1v) is 12.3. The van der Waals surface area contributed by atoms with Gasteiger partial charge in [-0.05, 0) is 61.6 Å². The maximum atomic E-state index is 12.7. The number of nitrogens with zero attached hydrogens (tertiary/aromatic N) is 1. The zero-order valence-corrected chi connectivity index (χ0v) is 17.8. The number of nitrogens with one attached hydrogen (secondary N) is 1. The molecule has 3 aliphatic rings. The highest BCUT2D eigenvalue weighted by molar-refractivity contribution is 9.10. The summed E-state index contributed by atoms with van der Waals surface area (Å²) >= 11 is 3.37. The van der Waals surface area contributed by atoms with Crippen molar-refractivity contribution >= 4 is 31.9 Å². The Kier molecular flexibility index (Phi) is 5.63. The minimum absolute atomic E-state index is 0.0162. The van der Waals surface area contributed by atoms with Crippen molar-refractivity contribution in [2.45, 2.75) is 50.3 Å². The van der Waals surface area contributed by atoms with Crippen LogP contribution in [0, 0.1) is 17.8 Å². The van der Waals surface area contributed by atoms with Crippen LogP contribution in [0.3, 0.4) is 0 Å². The SMILES string of the molecule is O=C(N[C@@H]1C[C@H]2CC[C@@H]1C2)C1CCN(S(=O)(=O)Cc2ccc(Br)cc2)CC1. The molecule has 4 rings (SSSR count). The molecule has 2 saturated carbocycles. The van der Waals surface area contributed by atoms with Crippen LogP contribution in [0.4, 0.5) is 0 Å². The number of hydrogen-bond acceptors (Lipinski definition) is 3. The second-order valence-corrected chi connectivity index (χ2v) is 11.2. The lowest BCUT2D eigenvalue weighted by Gasteiger charge is -2.32. The molecule has 3 fully saturated rings. The zero-order valence-electron chi connectivity index (χ0n) is 15.4. The summed E-state index contributed by atoms with van der Waals surface area (Å²) in [6.07, 6.45) is 6.22. The molecule has 1 N–H and O–H groups in total. The summed E-state index contributed by atoms with van der Waals surface area (Å²) < 4.78 is 27.9. The summed E-state index contributed by atoms with van der Waals surface area (Å²) in [6, 6.07) is 7.73. The molecule has 1 aromatic rings. The molecular formula is C20H27BrN2O3S. The van der Waals surface area contributed by atoms with E-state index in [4.69, 9.17) is 0 Å². The number of amides is 1. The molecule has 0 spiro atoms. The monoisotopic (exact) mass is 454 g/mol. The van der Waals surface area contributed by atoms with Crippen molar-refractivity contribution in [1.29, 1.82) is 0 Å². The lowest BCUT2D eigenvalue weighted by atomic mass is 9.93. The first-order valence-electron chi connectivity index (χ1n) is 9.93. The fraction of sp³-hybridized carbons (Fsp3) is 0.650. The third kappa shape index (κ3) is 4.40. The molecule has 2 aliphatic carbocycles. The third-order valence-corrected chi connectivity index (χ3v) is 8.92. The summed E-state index contributed by atoms with van der Waals surface area (Å²) in [7, 11) is -3.34. The van der Waals surface area contributed by atoms with E-state index in [9.17, 15) is 13.2 Å². The molecule has 5 nitrogen and oxygen atoms in total.